The average molecular weight is 383 g/mol. The van der Waals surface area contributed by atoms with Gasteiger partial charge in [0.2, 0.25) is 5.91 Å². The predicted molar refractivity (Wildman–Crippen MR) is 94.2 cm³/mol. The van der Waals surface area contributed by atoms with Crippen molar-refractivity contribution in [2.45, 2.75) is 19.9 Å². The molecular formula is C18H17ClF2N2O3. The molecule has 0 unspecified atom stereocenters. The van der Waals surface area contributed by atoms with E-state index in [1.54, 1.807) is 13.8 Å². The van der Waals surface area contributed by atoms with Gasteiger partial charge in [0, 0.05) is 22.8 Å². The van der Waals surface area contributed by atoms with Gasteiger partial charge in [0.25, 0.3) is 5.91 Å². The number of phenolic OH excluding ortho intramolecular Hbond substituents is 1. The van der Waals surface area contributed by atoms with Crippen LogP contribution in [0.3, 0.4) is 0 Å². The van der Waals surface area contributed by atoms with Crippen LogP contribution >= 0.6 is 11.6 Å². The molecule has 2 amide bonds. The molecule has 0 radical (unpaired) electrons. The molecule has 0 aliphatic rings. The third-order valence-corrected chi connectivity index (χ3v) is 4.15. The number of hydrogen-bond acceptors (Lipinski definition) is 3. The number of carbonyl (C=O) groups is 2. The maximum atomic E-state index is 13.2. The number of carbonyl (C=O) groups excluding carboxylic acids is 2. The second kappa shape index (κ2) is 8.14. The molecule has 2 aromatic carbocycles. The van der Waals surface area contributed by atoms with Gasteiger partial charge in [0.15, 0.2) is 11.6 Å². The van der Waals surface area contributed by atoms with E-state index < -0.39 is 35.4 Å². The number of aromatic hydroxyl groups is 1. The fourth-order valence-electron chi connectivity index (χ4n) is 2.16. The van der Waals surface area contributed by atoms with E-state index in [1.807, 2.05) is 0 Å². The maximum absolute atomic E-state index is 13.2. The van der Waals surface area contributed by atoms with Crippen molar-refractivity contribution in [2.75, 3.05) is 5.32 Å². The molecule has 3 N–H and O–H groups in total. The van der Waals surface area contributed by atoms with Gasteiger partial charge in [-0.25, -0.2) is 8.78 Å². The first kappa shape index (κ1) is 19.7. The van der Waals surface area contributed by atoms with Crippen LogP contribution in [0.4, 0.5) is 14.5 Å². The van der Waals surface area contributed by atoms with Gasteiger partial charge in [-0.2, -0.15) is 0 Å². The lowest BCUT2D eigenvalue weighted by Crippen LogP contribution is -2.41. The number of halogens is 3. The van der Waals surface area contributed by atoms with Crippen LogP contribution in [0.1, 0.15) is 24.2 Å². The minimum absolute atomic E-state index is 0.0161. The van der Waals surface area contributed by atoms with Crippen LogP contribution in [0, 0.1) is 17.6 Å². The van der Waals surface area contributed by atoms with Crippen LogP contribution in [0.5, 0.6) is 5.75 Å². The fraction of sp³-hybridized carbons (Fsp3) is 0.222. The Labute approximate surface area is 154 Å². The summed E-state index contributed by atoms with van der Waals surface area (Å²) in [4.78, 5) is 24.5. The molecule has 0 aliphatic carbocycles. The van der Waals surface area contributed by atoms with Gasteiger partial charge in [-0.05, 0) is 37.3 Å². The molecule has 26 heavy (non-hydrogen) atoms. The Kier molecular flexibility index (Phi) is 6.15. The van der Waals surface area contributed by atoms with Crippen molar-refractivity contribution in [3.63, 3.8) is 0 Å². The molecule has 2 rings (SSSR count). The molecule has 0 saturated carbocycles. The van der Waals surface area contributed by atoms with Crippen LogP contribution in [0.2, 0.25) is 5.02 Å². The van der Waals surface area contributed by atoms with Crippen LogP contribution < -0.4 is 10.6 Å². The highest BCUT2D eigenvalue weighted by atomic mass is 35.5. The quantitative estimate of drug-likeness (QED) is 0.737. The summed E-state index contributed by atoms with van der Waals surface area (Å²) in [6, 6.07) is 6.44. The highest BCUT2D eigenvalue weighted by Gasteiger charge is 2.23. The van der Waals surface area contributed by atoms with Gasteiger partial charge < -0.3 is 15.7 Å². The molecule has 0 bridgehead atoms. The SMILES string of the molecule is C[C@H](NC(=O)c1cc(Cl)ccc1O)[C@H](C)C(=O)Nc1ccc(F)c(F)c1. The summed E-state index contributed by atoms with van der Waals surface area (Å²) >= 11 is 5.81. The van der Waals surface area contributed by atoms with E-state index in [0.29, 0.717) is 0 Å². The van der Waals surface area contributed by atoms with Crippen molar-refractivity contribution >= 4 is 29.1 Å². The van der Waals surface area contributed by atoms with Crippen molar-refractivity contribution in [1.29, 1.82) is 0 Å². The molecule has 0 spiro atoms. The molecule has 8 heteroatoms. The highest BCUT2D eigenvalue weighted by Crippen LogP contribution is 2.22. The molecule has 2 aromatic rings. The molecular weight excluding hydrogens is 366 g/mol. The summed E-state index contributed by atoms with van der Waals surface area (Å²) in [5.41, 5.74) is 0.0873. The zero-order valence-electron chi connectivity index (χ0n) is 14.0. The van der Waals surface area contributed by atoms with E-state index in [-0.39, 0.29) is 22.0 Å². The fourth-order valence-corrected chi connectivity index (χ4v) is 2.33. The van der Waals surface area contributed by atoms with Gasteiger partial charge in [0.05, 0.1) is 11.5 Å². The second-order valence-electron chi connectivity index (χ2n) is 5.83. The third-order valence-electron chi connectivity index (χ3n) is 3.91. The Bertz CT molecular complexity index is 845. The lowest BCUT2D eigenvalue weighted by molar-refractivity contribution is -0.120. The summed E-state index contributed by atoms with van der Waals surface area (Å²) in [7, 11) is 0. The van der Waals surface area contributed by atoms with Crippen molar-refractivity contribution in [2.24, 2.45) is 5.92 Å². The minimum Gasteiger partial charge on any atom is -0.507 e. The zero-order chi connectivity index (χ0) is 19.4. The van der Waals surface area contributed by atoms with Gasteiger partial charge in [-0.3, -0.25) is 9.59 Å². The average Bonchev–Trinajstić information content (AvgIpc) is 2.59. The number of hydrogen-bond donors (Lipinski definition) is 3. The van der Waals surface area contributed by atoms with Crippen molar-refractivity contribution in [3.05, 3.63) is 58.6 Å². The molecule has 138 valence electrons. The summed E-state index contributed by atoms with van der Waals surface area (Å²) in [5.74, 6) is -4.10. The van der Waals surface area contributed by atoms with Crippen LogP contribution in [0.15, 0.2) is 36.4 Å². The Balaban J connectivity index is 2.02. The number of nitrogens with one attached hydrogen (secondary N) is 2. The largest absolute Gasteiger partial charge is 0.507 e. The number of anilines is 1. The Hall–Kier alpha value is -2.67. The van der Waals surface area contributed by atoms with E-state index in [9.17, 15) is 23.5 Å². The van der Waals surface area contributed by atoms with Gasteiger partial charge in [-0.15, -0.1) is 0 Å². The summed E-state index contributed by atoms with van der Waals surface area (Å²) in [5, 5.41) is 15.1. The summed E-state index contributed by atoms with van der Waals surface area (Å²) < 4.78 is 26.1. The maximum Gasteiger partial charge on any atom is 0.255 e. The first-order chi connectivity index (χ1) is 12.2. The van der Waals surface area contributed by atoms with Crippen molar-refractivity contribution < 1.29 is 23.5 Å². The Morgan fingerprint density at radius 3 is 2.42 bits per heavy atom. The van der Waals surface area contributed by atoms with Crippen LogP contribution in [-0.4, -0.2) is 23.0 Å². The highest BCUT2D eigenvalue weighted by molar-refractivity contribution is 6.31. The third kappa shape index (κ3) is 4.70. The van der Waals surface area contributed by atoms with Crippen molar-refractivity contribution in [1.82, 2.24) is 5.32 Å². The molecule has 0 fully saturated rings. The van der Waals surface area contributed by atoms with Crippen LogP contribution in [0.25, 0.3) is 0 Å². The normalized spacial score (nSPS) is 13.0. The van der Waals surface area contributed by atoms with E-state index in [0.717, 1.165) is 12.1 Å². The minimum atomic E-state index is -1.08. The topological polar surface area (TPSA) is 78.4 Å². The van der Waals surface area contributed by atoms with E-state index >= 15 is 0 Å². The lowest BCUT2D eigenvalue weighted by atomic mass is 10.0. The predicted octanol–water partition coefficient (Wildman–Crippen LogP) is 3.72. The van der Waals surface area contributed by atoms with E-state index in [2.05, 4.69) is 10.6 Å². The number of amides is 2. The number of rotatable bonds is 5. The Morgan fingerprint density at radius 1 is 1.08 bits per heavy atom. The monoisotopic (exact) mass is 382 g/mol. The summed E-state index contributed by atoms with van der Waals surface area (Å²) in [6.07, 6.45) is 0. The van der Waals surface area contributed by atoms with E-state index in [4.69, 9.17) is 11.6 Å². The zero-order valence-corrected chi connectivity index (χ0v) is 14.8. The standard InChI is InChI=1S/C18H17ClF2N2O3/c1-9(17(25)23-12-4-5-14(20)15(21)8-12)10(2)22-18(26)13-7-11(19)3-6-16(13)24/h3-10,24H,1-2H3,(H,22,26)(H,23,25)/t9-,10-/m0/s1. The lowest BCUT2D eigenvalue weighted by Gasteiger charge is -2.21. The van der Waals surface area contributed by atoms with Gasteiger partial charge in [-0.1, -0.05) is 18.5 Å². The first-order valence-corrected chi connectivity index (χ1v) is 8.12. The molecule has 0 saturated heterocycles. The van der Waals surface area contributed by atoms with Gasteiger partial charge in [0.1, 0.15) is 5.75 Å². The smallest absolute Gasteiger partial charge is 0.255 e. The Morgan fingerprint density at radius 2 is 1.77 bits per heavy atom. The van der Waals surface area contributed by atoms with Gasteiger partial charge >= 0.3 is 0 Å². The number of phenols is 1. The van der Waals surface area contributed by atoms with Crippen molar-refractivity contribution in [3.8, 4) is 5.75 Å². The molecule has 0 aromatic heterocycles. The summed E-state index contributed by atoms with van der Waals surface area (Å²) in [6.45, 7) is 3.17. The molecule has 0 aliphatic heterocycles. The first-order valence-electron chi connectivity index (χ1n) is 7.74. The molecule has 2 atom stereocenters. The van der Waals surface area contributed by atoms with Crippen LogP contribution in [-0.2, 0) is 4.79 Å². The van der Waals surface area contributed by atoms with E-state index in [1.165, 1.54) is 24.3 Å². The second-order valence-corrected chi connectivity index (χ2v) is 6.27. The molecule has 0 heterocycles. The molecule has 5 nitrogen and oxygen atoms in total. The number of benzene rings is 2.